The molecule has 0 amide bonds. The third kappa shape index (κ3) is 34.2. The topological polar surface area (TPSA) is 108 Å². The summed E-state index contributed by atoms with van der Waals surface area (Å²) in [6.07, 6.45) is 44.6. The van der Waals surface area contributed by atoms with Gasteiger partial charge in [-0.3, -0.25) is 0 Å². The van der Waals surface area contributed by atoms with E-state index < -0.39 is 16.0 Å². The van der Waals surface area contributed by atoms with E-state index in [4.69, 9.17) is 13.5 Å². The van der Waals surface area contributed by atoms with Crippen LogP contribution in [-0.4, -0.2) is 32.3 Å². The van der Waals surface area contributed by atoms with Gasteiger partial charge in [-0.1, -0.05) is 226 Å². The summed E-state index contributed by atoms with van der Waals surface area (Å²) in [7, 11) is -4.12. The number of rotatable bonds is 40. The van der Waals surface area contributed by atoms with Crippen LogP contribution in [0.2, 0.25) is 0 Å². The van der Waals surface area contributed by atoms with Crippen LogP contribution in [0.5, 0.6) is 0 Å². The molecule has 0 radical (unpaired) electrons. The van der Waals surface area contributed by atoms with Crippen molar-refractivity contribution in [1.82, 2.24) is 6.15 Å². The standard InChI is InChI=1S/C41H84O5S.H3N/c1-4-7-9-11-13-15-17-19-21-23-25-27-29-31-33-35-37-41(6-3,46-47(43,44)45-40-39-42)38-36-34-32-30-28-26-24-22-20-18-16-14-12-10-8-5-2;/h42H,4-40H2,1-3H3;1H3. The summed E-state index contributed by atoms with van der Waals surface area (Å²) in [5.74, 6) is 0. The summed E-state index contributed by atoms with van der Waals surface area (Å²) < 4.78 is 35.8. The predicted octanol–water partition coefficient (Wildman–Crippen LogP) is 13.9. The first-order chi connectivity index (χ1) is 22.9. The van der Waals surface area contributed by atoms with E-state index in [-0.39, 0.29) is 19.4 Å². The molecule has 0 heterocycles. The maximum absolute atomic E-state index is 12.6. The Balaban J connectivity index is 0. The monoisotopic (exact) mass is 706 g/mol. The van der Waals surface area contributed by atoms with Crippen molar-refractivity contribution in [2.75, 3.05) is 13.2 Å². The molecule has 0 aliphatic carbocycles. The van der Waals surface area contributed by atoms with Gasteiger partial charge in [-0.05, 0) is 19.3 Å². The van der Waals surface area contributed by atoms with E-state index in [1.165, 1.54) is 180 Å². The van der Waals surface area contributed by atoms with Crippen LogP contribution < -0.4 is 6.15 Å². The van der Waals surface area contributed by atoms with Gasteiger partial charge in [0.05, 0.1) is 18.8 Å². The van der Waals surface area contributed by atoms with Gasteiger partial charge >= 0.3 is 10.4 Å². The van der Waals surface area contributed by atoms with E-state index in [0.29, 0.717) is 6.42 Å². The van der Waals surface area contributed by atoms with Gasteiger partial charge in [0.25, 0.3) is 0 Å². The Morgan fingerprint density at radius 2 is 0.688 bits per heavy atom. The lowest BCUT2D eigenvalue weighted by Crippen LogP contribution is -2.35. The molecule has 7 heteroatoms. The Morgan fingerprint density at radius 3 is 0.917 bits per heavy atom. The molecule has 0 atom stereocenters. The first kappa shape index (κ1) is 49.9. The van der Waals surface area contributed by atoms with Crippen LogP contribution >= 0.6 is 0 Å². The highest BCUT2D eigenvalue weighted by atomic mass is 32.3. The van der Waals surface area contributed by atoms with Crippen LogP contribution in [0.4, 0.5) is 0 Å². The quantitative estimate of drug-likeness (QED) is 0.0614. The van der Waals surface area contributed by atoms with Crippen molar-refractivity contribution in [2.24, 2.45) is 0 Å². The zero-order chi connectivity index (χ0) is 34.6. The summed E-state index contributed by atoms with van der Waals surface area (Å²) in [6.45, 7) is 6.02. The molecule has 0 spiro atoms. The molecule has 0 saturated carbocycles. The minimum absolute atomic E-state index is 0. The van der Waals surface area contributed by atoms with Crippen molar-refractivity contribution in [2.45, 2.75) is 251 Å². The smallest absolute Gasteiger partial charge is 0.394 e. The number of unbranched alkanes of at least 4 members (excludes halogenated alkanes) is 30. The predicted molar refractivity (Wildman–Crippen MR) is 209 cm³/mol. The van der Waals surface area contributed by atoms with Gasteiger partial charge in [0, 0.05) is 0 Å². The molecule has 6 nitrogen and oxygen atoms in total. The molecule has 0 aromatic heterocycles. The second-order valence-electron chi connectivity index (χ2n) is 14.7. The van der Waals surface area contributed by atoms with E-state index in [1.54, 1.807) is 0 Å². The maximum Gasteiger partial charge on any atom is 0.400 e. The molecule has 0 aliphatic rings. The minimum Gasteiger partial charge on any atom is -0.394 e. The van der Waals surface area contributed by atoms with Crippen LogP contribution in [0.15, 0.2) is 0 Å². The number of hydrogen-bond donors (Lipinski definition) is 2. The molecule has 0 bridgehead atoms. The summed E-state index contributed by atoms with van der Waals surface area (Å²) in [5, 5.41) is 9.06. The Morgan fingerprint density at radius 1 is 0.438 bits per heavy atom. The first-order valence-corrected chi connectivity index (χ1v) is 22.5. The van der Waals surface area contributed by atoms with Crippen LogP contribution in [0.25, 0.3) is 0 Å². The van der Waals surface area contributed by atoms with E-state index in [0.717, 1.165) is 38.5 Å². The molecule has 0 saturated heterocycles. The fourth-order valence-electron chi connectivity index (χ4n) is 6.99. The van der Waals surface area contributed by atoms with Crippen molar-refractivity contribution >= 4 is 10.4 Å². The molecule has 0 unspecified atom stereocenters. The van der Waals surface area contributed by atoms with Crippen LogP contribution in [0.3, 0.4) is 0 Å². The lowest BCUT2D eigenvalue weighted by Gasteiger charge is -2.32. The summed E-state index contributed by atoms with van der Waals surface area (Å²) in [6, 6.07) is 0. The Labute approximate surface area is 302 Å². The van der Waals surface area contributed by atoms with Crippen molar-refractivity contribution < 1.29 is 21.9 Å². The molecule has 0 rings (SSSR count). The normalized spacial score (nSPS) is 12.1. The zero-order valence-electron chi connectivity index (χ0n) is 32.9. The van der Waals surface area contributed by atoms with Crippen LogP contribution in [0, 0.1) is 0 Å². The Kier molecular flexibility index (Phi) is 39.5. The zero-order valence-corrected chi connectivity index (χ0v) is 33.7. The van der Waals surface area contributed by atoms with Crippen molar-refractivity contribution in [1.29, 1.82) is 0 Å². The lowest BCUT2D eigenvalue weighted by atomic mass is 9.87. The second-order valence-corrected chi connectivity index (χ2v) is 15.9. The average Bonchev–Trinajstić information content (AvgIpc) is 3.06. The van der Waals surface area contributed by atoms with Crippen molar-refractivity contribution in [3.05, 3.63) is 0 Å². The third-order valence-corrected chi connectivity index (χ3v) is 11.2. The van der Waals surface area contributed by atoms with Gasteiger partial charge in [-0.15, -0.1) is 0 Å². The average molecular weight is 706 g/mol. The molecule has 0 aliphatic heterocycles. The minimum atomic E-state index is -4.12. The van der Waals surface area contributed by atoms with Gasteiger partial charge in [0.1, 0.15) is 0 Å². The fraction of sp³-hybridized carbons (Fsp3) is 1.00. The van der Waals surface area contributed by atoms with Crippen molar-refractivity contribution in [3.8, 4) is 0 Å². The molecular formula is C41H87NO5S. The second kappa shape index (κ2) is 38.0. The molecular weight excluding hydrogens is 619 g/mol. The molecule has 48 heavy (non-hydrogen) atoms. The highest BCUT2D eigenvalue weighted by Gasteiger charge is 2.34. The highest BCUT2D eigenvalue weighted by Crippen LogP contribution is 2.33. The summed E-state index contributed by atoms with van der Waals surface area (Å²) in [5.41, 5.74) is -0.694. The fourth-order valence-corrected chi connectivity index (χ4v) is 8.04. The summed E-state index contributed by atoms with van der Waals surface area (Å²) in [4.78, 5) is 0. The lowest BCUT2D eigenvalue weighted by molar-refractivity contribution is 0.0260. The van der Waals surface area contributed by atoms with Gasteiger partial charge in [-0.2, -0.15) is 8.42 Å². The molecule has 0 aromatic rings. The molecule has 292 valence electrons. The number of aliphatic hydroxyl groups excluding tert-OH is 1. The van der Waals surface area contributed by atoms with E-state index in [1.807, 2.05) is 6.92 Å². The van der Waals surface area contributed by atoms with Crippen molar-refractivity contribution in [3.63, 3.8) is 0 Å². The van der Waals surface area contributed by atoms with Gasteiger partial charge < -0.3 is 11.3 Å². The third-order valence-electron chi connectivity index (χ3n) is 10.2. The van der Waals surface area contributed by atoms with E-state index >= 15 is 0 Å². The van der Waals surface area contributed by atoms with Crippen LogP contribution in [0.1, 0.15) is 245 Å². The SMILES string of the molecule is CCCCCCCCCCCCCCCCCCC(CC)(CCCCCCCCCCCCCCCCCC)OS(=O)(=O)OCCO.N. The molecule has 0 fully saturated rings. The molecule has 0 aromatic carbocycles. The summed E-state index contributed by atoms with van der Waals surface area (Å²) >= 11 is 0. The first-order valence-electron chi connectivity index (χ1n) is 21.2. The molecule has 4 N–H and O–H groups in total. The Bertz CT molecular complexity index is 682. The van der Waals surface area contributed by atoms with Gasteiger partial charge in [0.15, 0.2) is 0 Å². The number of hydrogen-bond acceptors (Lipinski definition) is 6. The highest BCUT2D eigenvalue weighted by molar-refractivity contribution is 7.81. The van der Waals surface area contributed by atoms with Gasteiger partial charge in [-0.25, -0.2) is 8.37 Å². The number of aliphatic hydroxyl groups is 1. The largest absolute Gasteiger partial charge is 0.400 e. The van der Waals surface area contributed by atoms with E-state index in [9.17, 15) is 8.42 Å². The maximum atomic E-state index is 12.6. The van der Waals surface area contributed by atoms with Crippen LogP contribution in [-0.2, 0) is 18.8 Å². The Hall–Kier alpha value is -0.210. The van der Waals surface area contributed by atoms with Gasteiger partial charge in [0.2, 0.25) is 0 Å². The van der Waals surface area contributed by atoms with E-state index in [2.05, 4.69) is 13.8 Å².